The Kier molecular flexibility index (Phi) is 11.6. The highest BCUT2D eigenvalue weighted by Crippen LogP contribution is 2.21. The number of amides is 1. The normalized spacial score (nSPS) is 20.3. The topological polar surface area (TPSA) is 78.4 Å². The highest BCUT2D eigenvalue weighted by atomic mass is 127. The quantitative estimate of drug-likeness (QED) is 0.284. The zero-order chi connectivity index (χ0) is 22.1. The van der Waals surface area contributed by atoms with Gasteiger partial charge in [-0.1, -0.05) is 12.1 Å². The molecule has 10 heteroatoms. The summed E-state index contributed by atoms with van der Waals surface area (Å²) in [5, 5.41) is 6.76. The molecule has 0 aliphatic carbocycles. The Morgan fingerprint density at radius 1 is 1.19 bits per heavy atom. The van der Waals surface area contributed by atoms with Gasteiger partial charge in [-0.15, -0.1) is 24.0 Å². The zero-order valence-electron chi connectivity index (χ0n) is 18.9. The van der Waals surface area contributed by atoms with E-state index in [-0.39, 0.29) is 48.3 Å². The molecule has 2 saturated heterocycles. The van der Waals surface area contributed by atoms with Crippen LogP contribution in [0.3, 0.4) is 0 Å². The molecule has 0 aromatic heterocycles. The predicted molar refractivity (Wildman–Crippen MR) is 133 cm³/mol. The number of benzene rings is 1. The molecule has 2 heterocycles. The standard InChI is InChI=1S/C22H34FN5O3.HI/c1-27(2)21(29)15-26-22(24-13-17-7-10-31-16-17)25-14-20(28-8-11-30-12-9-28)18-3-5-19(23)6-4-18;/h3-6,17,20H,7-16H2,1-2H3,(H2,24,25,26);1H. The lowest BCUT2D eigenvalue weighted by Gasteiger charge is -2.35. The summed E-state index contributed by atoms with van der Waals surface area (Å²) in [5.41, 5.74) is 1.03. The summed E-state index contributed by atoms with van der Waals surface area (Å²) in [7, 11) is 3.44. The van der Waals surface area contributed by atoms with E-state index in [1.54, 1.807) is 14.1 Å². The number of likely N-dealkylation sites (N-methyl/N-ethyl adjacent to an activating group) is 1. The maximum atomic E-state index is 13.5. The SMILES string of the molecule is CN(C)C(=O)CN=C(NCC1CCOC1)NCC(c1ccc(F)cc1)N1CCOCC1.I. The summed E-state index contributed by atoms with van der Waals surface area (Å²) >= 11 is 0. The summed E-state index contributed by atoms with van der Waals surface area (Å²) in [6.45, 7) is 5.88. The molecule has 2 aliphatic heterocycles. The number of rotatable bonds is 8. The monoisotopic (exact) mass is 563 g/mol. The number of morpholine rings is 1. The Balaban J connectivity index is 0.00000363. The van der Waals surface area contributed by atoms with Gasteiger partial charge in [-0.3, -0.25) is 9.69 Å². The van der Waals surface area contributed by atoms with Crippen LogP contribution in [0.1, 0.15) is 18.0 Å². The fourth-order valence-electron chi connectivity index (χ4n) is 3.67. The van der Waals surface area contributed by atoms with Crippen LogP contribution in [0.4, 0.5) is 4.39 Å². The molecule has 0 radical (unpaired) electrons. The fraction of sp³-hybridized carbons (Fsp3) is 0.636. The van der Waals surface area contributed by atoms with Crippen molar-refractivity contribution in [2.24, 2.45) is 10.9 Å². The fourth-order valence-corrected chi connectivity index (χ4v) is 3.67. The molecule has 8 nitrogen and oxygen atoms in total. The van der Waals surface area contributed by atoms with E-state index >= 15 is 0 Å². The highest BCUT2D eigenvalue weighted by molar-refractivity contribution is 14.0. The third-order valence-electron chi connectivity index (χ3n) is 5.66. The number of halogens is 2. The molecular weight excluding hydrogens is 528 g/mol. The van der Waals surface area contributed by atoms with Crippen molar-refractivity contribution in [1.82, 2.24) is 20.4 Å². The maximum absolute atomic E-state index is 13.5. The van der Waals surface area contributed by atoms with Crippen LogP contribution >= 0.6 is 24.0 Å². The van der Waals surface area contributed by atoms with Crippen LogP contribution in [-0.2, 0) is 14.3 Å². The largest absolute Gasteiger partial charge is 0.381 e. The molecule has 2 N–H and O–H groups in total. The Morgan fingerprint density at radius 2 is 1.91 bits per heavy atom. The average molecular weight is 563 g/mol. The minimum Gasteiger partial charge on any atom is -0.381 e. The minimum absolute atomic E-state index is 0. The first-order chi connectivity index (χ1) is 15.0. The Labute approximate surface area is 206 Å². The van der Waals surface area contributed by atoms with Gasteiger partial charge in [0.1, 0.15) is 12.4 Å². The third-order valence-corrected chi connectivity index (χ3v) is 5.66. The average Bonchev–Trinajstić information content (AvgIpc) is 3.30. The predicted octanol–water partition coefficient (Wildman–Crippen LogP) is 1.48. The smallest absolute Gasteiger partial charge is 0.243 e. The maximum Gasteiger partial charge on any atom is 0.243 e. The van der Waals surface area contributed by atoms with E-state index in [0.29, 0.717) is 31.6 Å². The van der Waals surface area contributed by atoms with E-state index in [2.05, 4.69) is 20.5 Å². The first-order valence-corrected chi connectivity index (χ1v) is 10.9. The van der Waals surface area contributed by atoms with E-state index in [4.69, 9.17) is 9.47 Å². The zero-order valence-corrected chi connectivity index (χ0v) is 21.2. The van der Waals surface area contributed by atoms with Gasteiger partial charge in [0, 0.05) is 52.8 Å². The van der Waals surface area contributed by atoms with Gasteiger partial charge in [0.2, 0.25) is 5.91 Å². The van der Waals surface area contributed by atoms with E-state index < -0.39 is 0 Å². The van der Waals surface area contributed by atoms with Crippen LogP contribution < -0.4 is 10.6 Å². The van der Waals surface area contributed by atoms with Crippen molar-refractivity contribution >= 4 is 35.8 Å². The van der Waals surface area contributed by atoms with Crippen molar-refractivity contribution < 1.29 is 18.7 Å². The van der Waals surface area contributed by atoms with Crippen LogP contribution in [0.2, 0.25) is 0 Å². The number of carbonyl (C=O) groups is 1. The third kappa shape index (κ3) is 8.45. The Morgan fingerprint density at radius 3 is 2.53 bits per heavy atom. The van der Waals surface area contributed by atoms with Gasteiger partial charge in [0.15, 0.2) is 5.96 Å². The van der Waals surface area contributed by atoms with Crippen molar-refractivity contribution in [2.75, 3.05) is 73.2 Å². The van der Waals surface area contributed by atoms with Gasteiger partial charge < -0.3 is 25.0 Å². The van der Waals surface area contributed by atoms with Crippen LogP contribution in [-0.4, -0.2) is 94.9 Å². The number of ether oxygens (including phenoxy) is 2. The molecule has 32 heavy (non-hydrogen) atoms. The highest BCUT2D eigenvalue weighted by Gasteiger charge is 2.23. The van der Waals surface area contributed by atoms with E-state index in [9.17, 15) is 9.18 Å². The molecule has 2 fully saturated rings. The molecule has 2 atom stereocenters. The van der Waals surface area contributed by atoms with Gasteiger partial charge in [-0.05, 0) is 24.1 Å². The molecule has 3 rings (SSSR count). The molecule has 1 aromatic carbocycles. The molecule has 0 spiro atoms. The lowest BCUT2D eigenvalue weighted by atomic mass is 10.0. The Bertz CT molecular complexity index is 723. The summed E-state index contributed by atoms with van der Waals surface area (Å²) in [4.78, 5) is 20.4. The molecule has 1 amide bonds. The number of nitrogens with zero attached hydrogens (tertiary/aromatic N) is 3. The van der Waals surface area contributed by atoms with Gasteiger partial charge in [-0.2, -0.15) is 0 Å². The first-order valence-electron chi connectivity index (χ1n) is 10.9. The minimum atomic E-state index is -0.248. The van der Waals surface area contributed by atoms with Crippen LogP contribution in [0, 0.1) is 11.7 Å². The summed E-state index contributed by atoms with van der Waals surface area (Å²) < 4.78 is 24.4. The van der Waals surface area contributed by atoms with Crippen LogP contribution in [0.5, 0.6) is 0 Å². The van der Waals surface area contributed by atoms with Crippen molar-refractivity contribution in [3.8, 4) is 0 Å². The van der Waals surface area contributed by atoms with Crippen molar-refractivity contribution in [2.45, 2.75) is 12.5 Å². The van der Waals surface area contributed by atoms with Gasteiger partial charge >= 0.3 is 0 Å². The molecule has 2 unspecified atom stereocenters. The molecule has 0 bridgehead atoms. The number of carbonyl (C=O) groups excluding carboxylic acids is 1. The van der Waals surface area contributed by atoms with E-state index in [1.807, 2.05) is 12.1 Å². The molecule has 2 aliphatic rings. The summed E-state index contributed by atoms with van der Waals surface area (Å²) in [6.07, 6.45) is 1.02. The van der Waals surface area contributed by atoms with Crippen molar-refractivity contribution in [1.29, 1.82) is 0 Å². The van der Waals surface area contributed by atoms with Crippen molar-refractivity contribution in [3.63, 3.8) is 0 Å². The van der Waals surface area contributed by atoms with E-state index in [1.165, 1.54) is 17.0 Å². The number of aliphatic imine (C=N–C) groups is 1. The molecular formula is C22H35FIN5O3. The van der Waals surface area contributed by atoms with Gasteiger partial charge in [-0.25, -0.2) is 9.38 Å². The first kappa shape index (κ1) is 26.7. The Hall–Kier alpha value is -1.50. The second kappa shape index (κ2) is 13.9. The van der Waals surface area contributed by atoms with Crippen LogP contribution in [0.15, 0.2) is 29.3 Å². The summed E-state index contributed by atoms with van der Waals surface area (Å²) in [5.74, 6) is 0.724. The van der Waals surface area contributed by atoms with Gasteiger partial charge in [0.25, 0.3) is 0 Å². The number of nitrogens with one attached hydrogen (secondary N) is 2. The lowest BCUT2D eigenvalue weighted by molar-refractivity contribution is -0.127. The molecule has 1 aromatic rings. The number of guanidine groups is 1. The van der Waals surface area contributed by atoms with Crippen LogP contribution in [0.25, 0.3) is 0 Å². The van der Waals surface area contributed by atoms with Gasteiger partial charge in [0.05, 0.1) is 25.9 Å². The number of hydrogen-bond acceptors (Lipinski definition) is 5. The second-order valence-electron chi connectivity index (χ2n) is 8.16. The van der Waals surface area contributed by atoms with E-state index in [0.717, 1.165) is 44.8 Å². The lowest BCUT2D eigenvalue weighted by Crippen LogP contribution is -2.47. The number of hydrogen-bond donors (Lipinski definition) is 2. The second-order valence-corrected chi connectivity index (χ2v) is 8.16. The molecule has 0 saturated carbocycles. The van der Waals surface area contributed by atoms with Crippen molar-refractivity contribution in [3.05, 3.63) is 35.6 Å². The summed E-state index contributed by atoms with van der Waals surface area (Å²) in [6, 6.07) is 6.67. The molecule has 180 valence electrons.